The van der Waals surface area contributed by atoms with Crippen molar-refractivity contribution in [3.05, 3.63) is 47.6 Å². The number of Topliss-reactive ketones (excluding diaryl/α,β-unsaturated/α-hetero) is 3. The second-order valence-electron chi connectivity index (χ2n) is 19.4. The molecule has 1 aliphatic carbocycles. The highest BCUT2D eigenvalue weighted by atomic mass is 16.5. The van der Waals surface area contributed by atoms with Crippen molar-refractivity contribution in [2.24, 2.45) is 35.5 Å². The van der Waals surface area contributed by atoms with Gasteiger partial charge in [0.15, 0.2) is 5.78 Å². The summed E-state index contributed by atoms with van der Waals surface area (Å²) in [5, 5.41) is 21.9. The molecule has 3 fully saturated rings. The summed E-state index contributed by atoms with van der Waals surface area (Å²) in [7, 11) is 4.61. The number of hydrogen-bond acceptors (Lipinski definition) is 12. The van der Waals surface area contributed by atoms with Crippen molar-refractivity contribution >= 4 is 29.2 Å². The molecule has 13 nitrogen and oxygen atoms in total. The van der Waals surface area contributed by atoms with Gasteiger partial charge in [-0.2, -0.15) is 0 Å². The fourth-order valence-electron chi connectivity index (χ4n) is 10.1. The molecule has 0 aromatic rings. The number of aliphatic hydroxyl groups excluding tert-OH is 2. The molecule has 0 aromatic carbocycles. The van der Waals surface area contributed by atoms with E-state index in [1.165, 1.54) is 12.0 Å². The summed E-state index contributed by atoms with van der Waals surface area (Å²) in [6.45, 7) is 13.3. The van der Waals surface area contributed by atoms with E-state index in [9.17, 15) is 34.2 Å². The quantitative estimate of drug-likeness (QED) is 0.161. The van der Waals surface area contributed by atoms with Gasteiger partial charge in [-0.15, -0.1) is 0 Å². The van der Waals surface area contributed by atoms with Gasteiger partial charge in [-0.1, -0.05) is 71.1 Å². The lowest BCUT2D eigenvalue weighted by Gasteiger charge is -2.39. The summed E-state index contributed by atoms with van der Waals surface area (Å²) >= 11 is 0. The molecule has 3 unspecified atom stereocenters. The summed E-state index contributed by atoms with van der Waals surface area (Å²) in [4.78, 5) is 71.8. The Labute approximate surface area is 382 Å². The van der Waals surface area contributed by atoms with Crippen molar-refractivity contribution in [3.8, 4) is 0 Å². The number of methoxy groups -OCH3 is 3. The first kappa shape index (κ1) is 53.3. The Bertz CT molecular complexity index is 1700. The molecule has 2 bridgehead atoms. The molecule has 4 aliphatic rings. The van der Waals surface area contributed by atoms with Gasteiger partial charge in [0.1, 0.15) is 36.2 Å². The van der Waals surface area contributed by atoms with Crippen LogP contribution in [-0.4, -0.2) is 127 Å². The van der Waals surface area contributed by atoms with Crippen molar-refractivity contribution in [1.29, 1.82) is 0 Å². The monoisotopic (exact) mass is 898 g/mol. The van der Waals surface area contributed by atoms with E-state index in [1.54, 1.807) is 34.1 Å². The predicted octanol–water partition coefficient (Wildman–Crippen LogP) is 6.86. The van der Waals surface area contributed by atoms with E-state index in [-0.39, 0.29) is 66.5 Å². The molecular weight excluding hydrogens is 819 g/mol. The maximum Gasteiger partial charge on any atom is 0.329 e. The third-order valence-corrected chi connectivity index (χ3v) is 14.3. The molecule has 64 heavy (non-hydrogen) atoms. The van der Waals surface area contributed by atoms with E-state index >= 15 is 0 Å². The van der Waals surface area contributed by atoms with E-state index in [4.69, 9.17) is 23.7 Å². The average molecular weight is 898 g/mol. The first-order valence-corrected chi connectivity index (χ1v) is 23.8. The minimum atomic E-state index is -1.29. The van der Waals surface area contributed by atoms with Gasteiger partial charge < -0.3 is 38.8 Å². The third-order valence-electron chi connectivity index (χ3n) is 14.3. The van der Waals surface area contributed by atoms with Crippen LogP contribution in [-0.2, 0) is 47.7 Å². The molecule has 4 rings (SSSR count). The molecule has 360 valence electrons. The fourth-order valence-corrected chi connectivity index (χ4v) is 10.1. The van der Waals surface area contributed by atoms with Gasteiger partial charge in [0.05, 0.1) is 24.4 Å². The standard InChI is InChI=1S/C51H79NO12/c1-30-16-12-11-13-17-31(2)42(60-8)28-38-21-19-32(3)48(63-38)47(57)50(58)52-23-15-14-18-39(52)51(59)64-43(34(5)26-37-20-22-40(53)44(27-37)61-9)29-41(54)33(4)25-36(7)46(56)49(62-10)45(55)35(6)24-30/h11-13,16-17,25,30,32-35,37-40,42-44,46,48-49,53,56H,14-15,18-24,26-29H2,1-10H3/b13-11?,16-12+,31-17?,36-25+/t30-,32-,33-,34-,35-,37?,38+,39?,40-,42+,43+,44-,46-,48?,49+/m1/s1. The van der Waals surface area contributed by atoms with E-state index in [0.29, 0.717) is 69.8 Å². The highest BCUT2D eigenvalue weighted by Crippen LogP contribution is 2.35. The Morgan fingerprint density at radius 2 is 1.56 bits per heavy atom. The number of ether oxygens (including phenoxy) is 5. The molecule has 15 atom stereocenters. The Kier molecular flexibility index (Phi) is 21.3. The van der Waals surface area contributed by atoms with Gasteiger partial charge in [-0.25, -0.2) is 4.79 Å². The number of hydrogen-bond donors (Lipinski definition) is 2. The van der Waals surface area contributed by atoms with Crippen molar-refractivity contribution in [2.45, 2.75) is 180 Å². The van der Waals surface area contributed by atoms with Gasteiger partial charge in [-0.3, -0.25) is 19.2 Å². The molecule has 0 spiro atoms. The van der Waals surface area contributed by atoms with Gasteiger partial charge in [-0.05, 0) is 113 Å². The zero-order valence-electron chi connectivity index (χ0n) is 40.2. The molecule has 0 radical (unpaired) electrons. The van der Waals surface area contributed by atoms with Crippen LogP contribution < -0.4 is 0 Å². The molecule has 2 saturated heterocycles. The van der Waals surface area contributed by atoms with Crippen LogP contribution in [0.3, 0.4) is 0 Å². The zero-order chi connectivity index (χ0) is 47.2. The number of rotatable bonds is 6. The van der Waals surface area contributed by atoms with Crippen LogP contribution in [0, 0.1) is 35.5 Å². The summed E-state index contributed by atoms with van der Waals surface area (Å²) < 4.78 is 29.7. The number of amides is 1. The Morgan fingerprint density at radius 1 is 0.828 bits per heavy atom. The molecule has 1 amide bonds. The van der Waals surface area contributed by atoms with E-state index in [2.05, 4.69) is 0 Å². The van der Waals surface area contributed by atoms with Crippen molar-refractivity contribution in [1.82, 2.24) is 4.90 Å². The lowest BCUT2D eigenvalue weighted by molar-refractivity contribution is -0.170. The molecule has 3 aliphatic heterocycles. The number of carbonyl (C=O) groups excluding carboxylic acids is 5. The molecule has 3 heterocycles. The minimum Gasteiger partial charge on any atom is -0.460 e. The number of nitrogens with zero attached hydrogens (tertiary/aromatic N) is 1. The topological polar surface area (TPSA) is 175 Å². The van der Waals surface area contributed by atoms with Crippen molar-refractivity contribution in [3.63, 3.8) is 0 Å². The second-order valence-corrected chi connectivity index (χ2v) is 19.4. The lowest BCUT2D eigenvalue weighted by Crippen LogP contribution is -2.55. The fraction of sp³-hybridized carbons (Fsp3) is 0.745. The summed E-state index contributed by atoms with van der Waals surface area (Å²) in [5.41, 5.74) is 1.37. The number of esters is 1. The van der Waals surface area contributed by atoms with Crippen LogP contribution in [0.25, 0.3) is 0 Å². The van der Waals surface area contributed by atoms with Crippen LogP contribution >= 0.6 is 0 Å². The number of fused-ring (bicyclic) bond motifs is 3. The third kappa shape index (κ3) is 14.6. The predicted molar refractivity (Wildman–Crippen MR) is 244 cm³/mol. The Balaban J connectivity index is 1.68. The molecule has 2 N–H and O–H groups in total. The summed E-state index contributed by atoms with van der Waals surface area (Å²) in [6.07, 6.45) is 12.0. The SMILES string of the molecule is CO[C@H]1C[C@@H]2CC[C@@H](C)C(O2)C(=O)C(=O)N2CCCCC2C(=O)O[C@H]([C@H](C)CC2CC[C@@H](O)[C@H](OC)C2)CC(=O)[C@H](C)/C=C(\C)[C@@H](O)[C@@H](OC)C(=O)[C@H](C)C[C@H](C)/C=C/C=CC=C1C. The summed E-state index contributed by atoms with van der Waals surface area (Å²) in [5.74, 6) is -4.02. The number of allylic oxidation sites excluding steroid dienone is 6. The van der Waals surface area contributed by atoms with Crippen LogP contribution in [0.1, 0.15) is 126 Å². The van der Waals surface area contributed by atoms with Gasteiger partial charge in [0.2, 0.25) is 5.78 Å². The highest BCUT2D eigenvalue weighted by Gasteiger charge is 2.44. The molecule has 1 saturated carbocycles. The minimum absolute atomic E-state index is 0.0463. The Morgan fingerprint density at radius 3 is 2.25 bits per heavy atom. The second kappa shape index (κ2) is 25.5. The Hall–Kier alpha value is -3.33. The maximum absolute atomic E-state index is 14.3. The molecule has 0 aromatic heterocycles. The first-order valence-electron chi connectivity index (χ1n) is 23.8. The number of carbonyl (C=O) groups is 5. The number of piperidine rings is 1. The van der Waals surface area contributed by atoms with Crippen LogP contribution in [0.15, 0.2) is 47.6 Å². The number of cyclic esters (lactones) is 1. The molecular formula is C51H79NO12. The van der Waals surface area contributed by atoms with Crippen LogP contribution in [0.2, 0.25) is 0 Å². The number of aliphatic hydroxyl groups is 2. The molecule has 13 heteroatoms. The van der Waals surface area contributed by atoms with Gasteiger partial charge in [0, 0.05) is 52.6 Å². The van der Waals surface area contributed by atoms with E-state index in [0.717, 1.165) is 12.0 Å². The average Bonchev–Trinajstić information content (AvgIpc) is 3.27. The smallest absolute Gasteiger partial charge is 0.329 e. The van der Waals surface area contributed by atoms with Crippen LogP contribution in [0.4, 0.5) is 0 Å². The van der Waals surface area contributed by atoms with Gasteiger partial charge in [0.25, 0.3) is 5.91 Å². The van der Waals surface area contributed by atoms with Crippen molar-refractivity contribution < 1.29 is 57.9 Å². The van der Waals surface area contributed by atoms with E-state index < -0.39 is 66.1 Å². The van der Waals surface area contributed by atoms with Gasteiger partial charge >= 0.3 is 5.97 Å². The van der Waals surface area contributed by atoms with E-state index in [1.807, 2.05) is 65.0 Å². The normalized spacial score (nSPS) is 38.4. The lowest BCUT2D eigenvalue weighted by atomic mass is 9.78. The van der Waals surface area contributed by atoms with Crippen molar-refractivity contribution in [2.75, 3.05) is 27.9 Å². The summed E-state index contributed by atoms with van der Waals surface area (Å²) in [6, 6.07) is -1.01. The van der Waals surface area contributed by atoms with Crippen LogP contribution in [0.5, 0.6) is 0 Å². The number of ketones is 3. The highest BCUT2D eigenvalue weighted by molar-refractivity contribution is 6.38. The largest absolute Gasteiger partial charge is 0.460 e. The zero-order valence-corrected chi connectivity index (χ0v) is 40.2. The maximum atomic E-state index is 14.3. The first-order chi connectivity index (χ1) is 30.4.